The molecule has 0 radical (unpaired) electrons. The molecule has 0 aliphatic carbocycles. The number of likely N-dealkylation sites (tertiary alicyclic amines) is 1. The summed E-state index contributed by atoms with van der Waals surface area (Å²) >= 11 is 1.50. The Morgan fingerprint density at radius 2 is 2.37 bits per heavy atom. The lowest BCUT2D eigenvalue weighted by Crippen LogP contribution is -2.55. The molecule has 1 aromatic heterocycles. The highest BCUT2D eigenvalue weighted by molar-refractivity contribution is 7.09. The Balaban J connectivity index is 1.68. The van der Waals surface area contributed by atoms with Crippen molar-refractivity contribution in [3.05, 3.63) is 16.1 Å². The lowest BCUT2D eigenvalue weighted by Gasteiger charge is -2.41. The molecule has 19 heavy (non-hydrogen) atoms. The van der Waals surface area contributed by atoms with Gasteiger partial charge in [-0.15, -0.1) is 11.3 Å². The number of carbonyl (C=O) groups excluding carboxylic acids is 2. The summed E-state index contributed by atoms with van der Waals surface area (Å²) in [7, 11) is 0. The van der Waals surface area contributed by atoms with E-state index in [-0.39, 0.29) is 17.9 Å². The van der Waals surface area contributed by atoms with Crippen LogP contribution in [0, 0.1) is 12.8 Å². The van der Waals surface area contributed by atoms with E-state index in [1.807, 2.05) is 17.2 Å². The summed E-state index contributed by atoms with van der Waals surface area (Å²) in [6, 6.07) is 0.252. The monoisotopic (exact) mass is 279 g/mol. The average molecular weight is 279 g/mol. The Labute approximate surface area is 116 Å². The fourth-order valence-electron chi connectivity index (χ4n) is 2.92. The van der Waals surface area contributed by atoms with Gasteiger partial charge in [0.15, 0.2) is 0 Å². The van der Waals surface area contributed by atoms with Gasteiger partial charge in [-0.2, -0.15) is 0 Å². The first-order valence-corrected chi connectivity index (χ1v) is 7.52. The normalized spacial score (nSPS) is 26.8. The summed E-state index contributed by atoms with van der Waals surface area (Å²) in [6.45, 7) is 3.35. The molecule has 2 fully saturated rings. The highest BCUT2D eigenvalue weighted by atomic mass is 32.1. The van der Waals surface area contributed by atoms with E-state index in [9.17, 15) is 9.59 Å². The maximum absolute atomic E-state index is 12.3. The van der Waals surface area contributed by atoms with Gasteiger partial charge >= 0.3 is 0 Å². The van der Waals surface area contributed by atoms with Crippen LogP contribution in [0.2, 0.25) is 0 Å². The fraction of sp³-hybridized carbons (Fsp3) is 0.615. The Kier molecular flexibility index (Phi) is 3.26. The van der Waals surface area contributed by atoms with Crippen LogP contribution in [-0.2, 0) is 4.79 Å². The number of aryl methyl sites for hydroxylation is 1. The number of aromatic nitrogens is 1. The van der Waals surface area contributed by atoms with Crippen LogP contribution in [0.3, 0.4) is 0 Å². The number of rotatable bonds is 1. The number of hydrogen-bond donors (Lipinski definition) is 1. The standard InChI is InChI=1S/C13H17N3O2S/c1-8-14-11(7-19-8)13(18)16-5-4-10-9(6-16)2-3-12(17)15-10/h7,9-10H,2-6H2,1H3,(H,15,17). The maximum Gasteiger partial charge on any atom is 0.273 e. The molecule has 2 unspecified atom stereocenters. The number of fused-ring (bicyclic) bond motifs is 1. The molecular weight excluding hydrogens is 262 g/mol. The fourth-order valence-corrected chi connectivity index (χ4v) is 3.51. The lowest BCUT2D eigenvalue weighted by molar-refractivity contribution is -0.125. The molecule has 2 amide bonds. The van der Waals surface area contributed by atoms with Crippen LogP contribution in [0.4, 0.5) is 0 Å². The molecule has 2 aliphatic heterocycles. The van der Waals surface area contributed by atoms with E-state index in [0.717, 1.165) is 24.4 Å². The summed E-state index contributed by atoms with van der Waals surface area (Å²) in [4.78, 5) is 29.8. The minimum absolute atomic E-state index is 0.0275. The van der Waals surface area contributed by atoms with Gasteiger partial charge in [-0.05, 0) is 25.7 Å². The van der Waals surface area contributed by atoms with E-state index in [4.69, 9.17) is 0 Å². The predicted octanol–water partition coefficient (Wildman–Crippen LogP) is 1.19. The van der Waals surface area contributed by atoms with Gasteiger partial charge < -0.3 is 10.2 Å². The van der Waals surface area contributed by atoms with Gasteiger partial charge in [-0.3, -0.25) is 9.59 Å². The molecule has 3 rings (SSSR count). The van der Waals surface area contributed by atoms with Gasteiger partial charge in [-0.25, -0.2) is 4.98 Å². The Morgan fingerprint density at radius 1 is 1.53 bits per heavy atom. The molecule has 3 heterocycles. The molecule has 1 N–H and O–H groups in total. The molecule has 0 spiro atoms. The Hall–Kier alpha value is -1.43. The van der Waals surface area contributed by atoms with E-state index >= 15 is 0 Å². The summed E-state index contributed by atoms with van der Waals surface area (Å²) < 4.78 is 0. The van der Waals surface area contributed by atoms with Crippen molar-refractivity contribution >= 4 is 23.2 Å². The van der Waals surface area contributed by atoms with Crippen LogP contribution < -0.4 is 5.32 Å². The third kappa shape index (κ3) is 2.49. The third-order valence-electron chi connectivity index (χ3n) is 3.95. The van der Waals surface area contributed by atoms with Crippen molar-refractivity contribution in [3.8, 4) is 0 Å². The number of thiazole rings is 1. The van der Waals surface area contributed by atoms with Crippen molar-refractivity contribution < 1.29 is 9.59 Å². The van der Waals surface area contributed by atoms with Crippen LogP contribution in [0.5, 0.6) is 0 Å². The third-order valence-corrected chi connectivity index (χ3v) is 4.72. The molecule has 1 aromatic rings. The predicted molar refractivity (Wildman–Crippen MR) is 72.0 cm³/mol. The summed E-state index contributed by atoms with van der Waals surface area (Å²) in [5, 5.41) is 5.78. The first-order chi connectivity index (χ1) is 9.13. The highest BCUT2D eigenvalue weighted by Crippen LogP contribution is 2.26. The SMILES string of the molecule is Cc1nc(C(=O)N2CCC3NC(=O)CCC3C2)cs1. The minimum Gasteiger partial charge on any atom is -0.353 e. The van der Waals surface area contributed by atoms with Crippen molar-refractivity contribution in [3.63, 3.8) is 0 Å². The van der Waals surface area contributed by atoms with E-state index in [2.05, 4.69) is 10.3 Å². The minimum atomic E-state index is 0.0275. The summed E-state index contributed by atoms with van der Waals surface area (Å²) in [6.07, 6.45) is 2.32. The van der Waals surface area contributed by atoms with Crippen LogP contribution >= 0.6 is 11.3 Å². The van der Waals surface area contributed by atoms with Crippen molar-refractivity contribution in [2.75, 3.05) is 13.1 Å². The van der Waals surface area contributed by atoms with Gasteiger partial charge in [0.05, 0.1) is 5.01 Å². The Bertz CT molecular complexity index is 514. The second kappa shape index (κ2) is 4.92. The number of amides is 2. The highest BCUT2D eigenvalue weighted by Gasteiger charge is 2.35. The second-order valence-electron chi connectivity index (χ2n) is 5.26. The van der Waals surface area contributed by atoms with E-state index in [0.29, 0.717) is 24.6 Å². The first kappa shape index (κ1) is 12.6. The van der Waals surface area contributed by atoms with Crippen molar-refractivity contribution in [1.82, 2.24) is 15.2 Å². The van der Waals surface area contributed by atoms with E-state index in [1.54, 1.807) is 0 Å². The first-order valence-electron chi connectivity index (χ1n) is 6.64. The smallest absolute Gasteiger partial charge is 0.273 e. The quantitative estimate of drug-likeness (QED) is 0.840. The zero-order chi connectivity index (χ0) is 13.4. The van der Waals surface area contributed by atoms with Crippen LogP contribution in [0.1, 0.15) is 34.8 Å². The van der Waals surface area contributed by atoms with Crippen molar-refractivity contribution in [2.45, 2.75) is 32.2 Å². The Morgan fingerprint density at radius 3 is 3.11 bits per heavy atom. The van der Waals surface area contributed by atoms with Crippen LogP contribution in [0.25, 0.3) is 0 Å². The molecule has 5 nitrogen and oxygen atoms in total. The molecule has 2 atom stereocenters. The van der Waals surface area contributed by atoms with Crippen molar-refractivity contribution in [2.24, 2.45) is 5.92 Å². The number of piperidine rings is 2. The van der Waals surface area contributed by atoms with Gasteiger partial charge in [-0.1, -0.05) is 0 Å². The van der Waals surface area contributed by atoms with Crippen LogP contribution in [0.15, 0.2) is 5.38 Å². The summed E-state index contributed by atoms with van der Waals surface area (Å²) in [5.74, 6) is 0.575. The van der Waals surface area contributed by atoms with Gasteiger partial charge in [0.25, 0.3) is 5.91 Å². The van der Waals surface area contributed by atoms with Gasteiger partial charge in [0.2, 0.25) is 5.91 Å². The topological polar surface area (TPSA) is 62.3 Å². The number of hydrogen-bond acceptors (Lipinski definition) is 4. The molecule has 0 bridgehead atoms. The average Bonchev–Trinajstić information content (AvgIpc) is 2.84. The van der Waals surface area contributed by atoms with Crippen molar-refractivity contribution in [1.29, 1.82) is 0 Å². The zero-order valence-electron chi connectivity index (χ0n) is 10.9. The van der Waals surface area contributed by atoms with E-state index < -0.39 is 0 Å². The summed E-state index contributed by atoms with van der Waals surface area (Å²) in [5.41, 5.74) is 0.556. The molecule has 0 saturated carbocycles. The lowest BCUT2D eigenvalue weighted by atomic mass is 9.85. The largest absolute Gasteiger partial charge is 0.353 e. The molecule has 2 saturated heterocycles. The molecule has 102 valence electrons. The van der Waals surface area contributed by atoms with E-state index in [1.165, 1.54) is 11.3 Å². The zero-order valence-corrected chi connectivity index (χ0v) is 11.7. The second-order valence-corrected chi connectivity index (χ2v) is 6.33. The molecule has 2 aliphatic rings. The molecule has 6 heteroatoms. The number of nitrogens with zero attached hydrogens (tertiary/aromatic N) is 2. The molecule has 0 aromatic carbocycles. The number of carbonyl (C=O) groups is 2. The van der Waals surface area contributed by atoms with Crippen LogP contribution in [-0.4, -0.2) is 40.8 Å². The van der Waals surface area contributed by atoms with Gasteiger partial charge in [0, 0.05) is 30.9 Å². The number of nitrogens with one attached hydrogen (secondary N) is 1. The van der Waals surface area contributed by atoms with Gasteiger partial charge in [0.1, 0.15) is 5.69 Å². The molecular formula is C13H17N3O2S. The maximum atomic E-state index is 12.3.